The number of anilines is 1. The molecule has 1 aliphatic rings. The zero-order chi connectivity index (χ0) is 12.4. The number of rotatable bonds is 5. The Morgan fingerprint density at radius 3 is 2.65 bits per heavy atom. The van der Waals surface area contributed by atoms with Gasteiger partial charge in [-0.3, -0.25) is 10.2 Å². The smallest absolute Gasteiger partial charge is 0.277 e. The highest BCUT2D eigenvalue weighted by molar-refractivity contribution is 7.17. The van der Waals surface area contributed by atoms with Crippen molar-refractivity contribution in [2.24, 2.45) is 5.84 Å². The first-order chi connectivity index (χ1) is 8.21. The van der Waals surface area contributed by atoms with Gasteiger partial charge in [-0.2, -0.15) is 0 Å². The molecule has 0 radical (unpaired) electrons. The summed E-state index contributed by atoms with van der Waals surface area (Å²) >= 11 is 1.44. The largest absolute Gasteiger partial charge is 0.349 e. The maximum Gasteiger partial charge on any atom is 0.277 e. The monoisotopic (exact) mass is 254 g/mol. The van der Waals surface area contributed by atoms with Crippen molar-refractivity contribution in [2.45, 2.75) is 32.6 Å². The maximum atomic E-state index is 11.7. The van der Waals surface area contributed by atoms with E-state index in [1.54, 1.807) is 0 Å². The Bertz CT molecular complexity index is 410. The van der Waals surface area contributed by atoms with Gasteiger partial charge in [0, 0.05) is 19.0 Å². The summed E-state index contributed by atoms with van der Waals surface area (Å²) in [5.41, 5.74) is 3.14. The molecule has 0 atom stereocenters. The van der Waals surface area contributed by atoms with Crippen molar-refractivity contribution in [3.8, 4) is 0 Å². The van der Waals surface area contributed by atoms with E-state index in [4.69, 9.17) is 5.84 Å². The SMILES string of the molecule is CCN(CC)c1nc(C2CC2)c(C(=O)NN)s1. The van der Waals surface area contributed by atoms with Gasteiger partial charge in [-0.1, -0.05) is 11.3 Å². The molecule has 17 heavy (non-hydrogen) atoms. The van der Waals surface area contributed by atoms with E-state index in [1.165, 1.54) is 11.3 Å². The molecule has 0 unspecified atom stereocenters. The van der Waals surface area contributed by atoms with Crippen molar-refractivity contribution in [1.82, 2.24) is 10.4 Å². The normalized spacial score (nSPS) is 14.8. The van der Waals surface area contributed by atoms with Crippen LogP contribution in [0, 0.1) is 0 Å². The Balaban J connectivity index is 2.33. The summed E-state index contributed by atoms with van der Waals surface area (Å²) in [7, 11) is 0. The fourth-order valence-corrected chi connectivity index (χ4v) is 2.99. The molecule has 0 saturated heterocycles. The summed E-state index contributed by atoms with van der Waals surface area (Å²) in [5.74, 6) is 5.45. The van der Waals surface area contributed by atoms with Gasteiger partial charge in [-0.15, -0.1) is 0 Å². The van der Waals surface area contributed by atoms with Gasteiger partial charge in [-0.25, -0.2) is 10.8 Å². The summed E-state index contributed by atoms with van der Waals surface area (Å²) in [6.45, 7) is 5.98. The minimum Gasteiger partial charge on any atom is -0.349 e. The first-order valence-electron chi connectivity index (χ1n) is 5.97. The molecule has 3 N–H and O–H groups in total. The number of nitrogens with zero attached hydrogens (tertiary/aromatic N) is 2. The Hall–Kier alpha value is -1.14. The van der Waals surface area contributed by atoms with Crippen LogP contribution >= 0.6 is 11.3 Å². The Morgan fingerprint density at radius 1 is 1.53 bits per heavy atom. The van der Waals surface area contributed by atoms with Gasteiger partial charge in [0.05, 0.1) is 5.69 Å². The Labute approximate surface area is 105 Å². The van der Waals surface area contributed by atoms with Gasteiger partial charge in [0.15, 0.2) is 5.13 Å². The lowest BCUT2D eigenvalue weighted by molar-refractivity contribution is 0.0956. The number of nitrogens with one attached hydrogen (secondary N) is 1. The second-order valence-electron chi connectivity index (χ2n) is 4.13. The van der Waals surface area contributed by atoms with Crippen LogP contribution in [-0.4, -0.2) is 24.0 Å². The van der Waals surface area contributed by atoms with Gasteiger partial charge < -0.3 is 4.90 Å². The third-order valence-corrected chi connectivity index (χ3v) is 4.11. The number of carbonyl (C=O) groups excluding carboxylic acids is 1. The number of nitrogens with two attached hydrogens (primary N) is 1. The minimum atomic E-state index is -0.220. The molecule has 6 heteroatoms. The summed E-state index contributed by atoms with van der Waals surface area (Å²) < 4.78 is 0. The minimum absolute atomic E-state index is 0.220. The second kappa shape index (κ2) is 5.01. The fourth-order valence-electron chi connectivity index (χ4n) is 1.81. The van der Waals surface area contributed by atoms with Gasteiger partial charge in [0.2, 0.25) is 0 Å². The number of hydrazine groups is 1. The van der Waals surface area contributed by atoms with Crippen molar-refractivity contribution < 1.29 is 4.79 Å². The number of hydrogen-bond acceptors (Lipinski definition) is 5. The highest BCUT2D eigenvalue weighted by atomic mass is 32.1. The average Bonchev–Trinajstić information content (AvgIpc) is 3.10. The predicted molar refractivity (Wildman–Crippen MR) is 69.3 cm³/mol. The third kappa shape index (κ3) is 2.42. The number of nitrogen functional groups attached to an aromatic ring is 1. The van der Waals surface area contributed by atoms with Crippen molar-refractivity contribution in [2.75, 3.05) is 18.0 Å². The average molecular weight is 254 g/mol. The van der Waals surface area contributed by atoms with Crippen LogP contribution in [0.3, 0.4) is 0 Å². The van der Waals surface area contributed by atoms with Crippen LogP contribution in [0.15, 0.2) is 0 Å². The number of hydrogen-bond donors (Lipinski definition) is 2. The van der Waals surface area contributed by atoms with E-state index >= 15 is 0 Å². The summed E-state index contributed by atoms with van der Waals surface area (Å²) in [6.07, 6.45) is 2.26. The molecule has 1 fully saturated rings. The molecule has 1 amide bonds. The van der Waals surface area contributed by atoms with Crippen molar-refractivity contribution in [3.05, 3.63) is 10.6 Å². The van der Waals surface area contributed by atoms with Crippen molar-refractivity contribution >= 4 is 22.4 Å². The number of amides is 1. The van der Waals surface area contributed by atoms with Crippen LogP contribution in [0.2, 0.25) is 0 Å². The van der Waals surface area contributed by atoms with Crippen LogP contribution in [0.5, 0.6) is 0 Å². The zero-order valence-corrected chi connectivity index (χ0v) is 11.0. The van der Waals surface area contributed by atoms with Crippen LogP contribution in [0.4, 0.5) is 5.13 Å². The van der Waals surface area contributed by atoms with E-state index < -0.39 is 0 Å². The van der Waals surface area contributed by atoms with Crippen LogP contribution in [-0.2, 0) is 0 Å². The molecule has 1 aromatic rings. The quantitative estimate of drug-likeness (QED) is 0.474. The van der Waals surface area contributed by atoms with Gasteiger partial charge in [-0.05, 0) is 26.7 Å². The maximum absolute atomic E-state index is 11.7. The molecule has 5 nitrogen and oxygen atoms in total. The predicted octanol–water partition coefficient (Wildman–Crippen LogP) is 1.47. The first kappa shape index (κ1) is 12.3. The van der Waals surface area contributed by atoms with E-state index in [0.29, 0.717) is 10.8 Å². The Morgan fingerprint density at radius 2 is 2.18 bits per heavy atom. The Kier molecular flexibility index (Phi) is 3.63. The van der Waals surface area contributed by atoms with E-state index in [1.807, 2.05) is 0 Å². The molecular formula is C11H18N4OS. The van der Waals surface area contributed by atoms with Gasteiger partial charge in [0.25, 0.3) is 5.91 Å². The summed E-state index contributed by atoms with van der Waals surface area (Å²) in [4.78, 5) is 19.1. The van der Waals surface area contributed by atoms with Crippen LogP contribution < -0.4 is 16.2 Å². The third-order valence-electron chi connectivity index (χ3n) is 2.98. The van der Waals surface area contributed by atoms with Gasteiger partial charge in [0.1, 0.15) is 4.88 Å². The van der Waals surface area contributed by atoms with Gasteiger partial charge >= 0.3 is 0 Å². The topological polar surface area (TPSA) is 71.2 Å². The molecule has 2 rings (SSSR count). The molecule has 94 valence electrons. The molecule has 0 spiro atoms. The van der Waals surface area contributed by atoms with E-state index in [0.717, 1.165) is 36.8 Å². The standard InChI is InChI=1S/C11H18N4OS/c1-3-15(4-2)11-13-8(7-5-6-7)9(17-11)10(16)14-12/h7H,3-6,12H2,1-2H3,(H,14,16). The lowest BCUT2D eigenvalue weighted by Crippen LogP contribution is -2.30. The molecule has 1 aliphatic carbocycles. The molecule has 0 aromatic carbocycles. The second-order valence-corrected chi connectivity index (χ2v) is 5.11. The van der Waals surface area contributed by atoms with E-state index in [-0.39, 0.29) is 5.91 Å². The molecular weight excluding hydrogens is 236 g/mol. The fraction of sp³-hybridized carbons (Fsp3) is 0.636. The lowest BCUT2D eigenvalue weighted by Gasteiger charge is -2.16. The number of carbonyl (C=O) groups is 1. The number of thiazole rings is 1. The summed E-state index contributed by atoms with van der Waals surface area (Å²) in [6, 6.07) is 0. The van der Waals surface area contributed by atoms with Crippen LogP contribution in [0.1, 0.15) is 48.0 Å². The van der Waals surface area contributed by atoms with Crippen molar-refractivity contribution in [3.63, 3.8) is 0 Å². The number of aromatic nitrogens is 1. The molecule has 0 bridgehead atoms. The zero-order valence-electron chi connectivity index (χ0n) is 10.2. The van der Waals surface area contributed by atoms with E-state index in [9.17, 15) is 4.79 Å². The molecule has 1 aromatic heterocycles. The van der Waals surface area contributed by atoms with E-state index in [2.05, 4.69) is 29.2 Å². The summed E-state index contributed by atoms with van der Waals surface area (Å²) in [5, 5.41) is 0.926. The van der Waals surface area contributed by atoms with Crippen molar-refractivity contribution in [1.29, 1.82) is 0 Å². The molecule has 1 saturated carbocycles. The highest BCUT2D eigenvalue weighted by Crippen LogP contribution is 2.44. The highest BCUT2D eigenvalue weighted by Gasteiger charge is 2.32. The lowest BCUT2D eigenvalue weighted by atomic mass is 10.2. The molecule has 0 aliphatic heterocycles. The first-order valence-corrected chi connectivity index (χ1v) is 6.79. The molecule has 1 heterocycles. The van der Waals surface area contributed by atoms with Crippen LogP contribution in [0.25, 0.3) is 0 Å².